The molecule has 1 saturated heterocycles. The summed E-state index contributed by atoms with van der Waals surface area (Å²) in [4.78, 5) is 24.8. The summed E-state index contributed by atoms with van der Waals surface area (Å²) in [6.07, 6.45) is 4.52. The van der Waals surface area contributed by atoms with E-state index in [1.165, 1.54) is 24.1 Å². The minimum atomic E-state index is -1.01. The van der Waals surface area contributed by atoms with Crippen LogP contribution in [-0.4, -0.2) is 57.9 Å². The predicted molar refractivity (Wildman–Crippen MR) is 77.5 cm³/mol. The molecular formula is C15H21N3O4. The van der Waals surface area contributed by atoms with E-state index in [-0.39, 0.29) is 19.1 Å². The number of aliphatic carboxylic acids is 1. The molecule has 120 valence electrons. The molecule has 1 fully saturated rings. The molecule has 0 unspecified atom stereocenters. The average Bonchev–Trinajstić information content (AvgIpc) is 2.96. The number of carbonyl (C=O) groups excluding carboxylic acids is 1. The first-order chi connectivity index (χ1) is 10.6. The van der Waals surface area contributed by atoms with Crippen LogP contribution in [0.15, 0.2) is 0 Å². The molecule has 7 nitrogen and oxygen atoms in total. The van der Waals surface area contributed by atoms with Gasteiger partial charge in [-0.25, -0.2) is 4.79 Å². The lowest BCUT2D eigenvalue weighted by Crippen LogP contribution is -2.48. The van der Waals surface area contributed by atoms with E-state index in [0.29, 0.717) is 19.4 Å². The summed E-state index contributed by atoms with van der Waals surface area (Å²) in [5.41, 5.74) is 3.49. The Bertz CT molecular complexity index is 569. The number of nitrogens with zero attached hydrogens (tertiary/aromatic N) is 2. The number of hydrogen-bond acceptors (Lipinski definition) is 4. The Balaban J connectivity index is 1.56. The molecule has 2 heterocycles. The molecule has 1 aliphatic heterocycles. The molecule has 1 atom stereocenters. The van der Waals surface area contributed by atoms with Crippen molar-refractivity contribution in [3.8, 4) is 0 Å². The zero-order valence-electron chi connectivity index (χ0n) is 12.5. The van der Waals surface area contributed by atoms with E-state index >= 15 is 0 Å². The predicted octanol–water partition coefficient (Wildman–Crippen LogP) is 0.533. The van der Waals surface area contributed by atoms with Crippen molar-refractivity contribution in [2.45, 2.75) is 44.6 Å². The van der Waals surface area contributed by atoms with Crippen molar-refractivity contribution in [2.24, 2.45) is 0 Å². The molecular weight excluding hydrogens is 286 g/mol. The summed E-state index contributed by atoms with van der Waals surface area (Å²) < 4.78 is 5.13. The highest BCUT2D eigenvalue weighted by Gasteiger charge is 2.29. The Morgan fingerprint density at radius 3 is 3.00 bits per heavy atom. The second-order valence-electron chi connectivity index (χ2n) is 5.87. The molecule has 2 N–H and O–H groups in total. The van der Waals surface area contributed by atoms with Crippen LogP contribution in [0, 0.1) is 0 Å². The van der Waals surface area contributed by atoms with E-state index in [1.54, 1.807) is 4.90 Å². The maximum Gasteiger partial charge on any atom is 0.334 e. The minimum Gasteiger partial charge on any atom is -0.479 e. The van der Waals surface area contributed by atoms with Gasteiger partial charge in [0.15, 0.2) is 6.10 Å². The summed E-state index contributed by atoms with van der Waals surface area (Å²) in [6.45, 7) is 0.870. The van der Waals surface area contributed by atoms with Crippen LogP contribution in [0.2, 0.25) is 0 Å². The number of amides is 1. The van der Waals surface area contributed by atoms with Gasteiger partial charge < -0.3 is 14.7 Å². The number of H-pyrrole nitrogens is 1. The van der Waals surface area contributed by atoms with E-state index in [4.69, 9.17) is 9.84 Å². The van der Waals surface area contributed by atoms with Crippen LogP contribution in [0.3, 0.4) is 0 Å². The largest absolute Gasteiger partial charge is 0.479 e. The topological polar surface area (TPSA) is 95.5 Å². The van der Waals surface area contributed by atoms with Gasteiger partial charge in [-0.2, -0.15) is 5.10 Å². The van der Waals surface area contributed by atoms with Crippen molar-refractivity contribution >= 4 is 11.9 Å². The number of rotatable bonds is 4. The van der Waals surface area contributed by atoms with Crippen LogP contribution in [0.25, 0.3) is 0 Å². The minimum absolute atomic E-state index is 0.0258. The molecule has 22 heavy (non-hydrogen) atoms. The van der Waals surface area contributed by atoms with Crippen LogP contribution in [-0.2, 0) is 33.6 Å². The standard InChI is InChI=1S/C15H21N3O4/c19-14(18-7-8-22-13(9-18)15(20)21)6-5-12-10-3-1-2-4-11(10)16-17-12/h13H,1-9H2,(H,16,17)(H,20,21)/t13-/m1/s1. The number of fused-ring (bicyclic) bond motifs is 1. The number of aromatic amines is 1. The van der Waals surface area contributed by atoms with Gasteiger partial charge in [-0.15, -0.1) is 0 Å². The Hall–Kier alpha value is -1.89. The van der Waals surface area contributed by atoms with Crippen LogP contribution in [0.1, 0.15) is 36.2 Å². The zero-order chi connectivity index (χ0) is 15.5. The number of carboxylic acids is 1. The smallest absolute Gasteiger partial charge is 0.334 e. The van der Waals surface area contributed by atoms with E-state index in [1.807, 2.05) is 0 Å². The van der Waals surface area contributed by atoms with Gasteiger partial charge in [-0.05, 0) is 31.2 Å². The quantitative estimate of drug-likeness (QED) is 0.846. The maximum atomic E-state index is 12.3. The lowest BCUT2D eigenvalue weighted by atomic mass is 9.94. The number of aryl methyl sites for hydroxylation is 2. The number of morpholine rings is 1. The Morgan fingerprint density at radius 1 is 1.36 bits per heavy atom. The fraction of sp³-hybridized carbons (Fsp3) is 0.667. The van der Waals surface area contributed by atoms with E-state index < -0.39 is 12.1 Å². The van der Waals surface area contributed by atoms with Crippen molar-refractivity contribution in [2.75, 3.05) is 19.7 Å². The summed E-state index contributed by atoms with van der Waals surface area (Å²) in [5, 5.41) is 16.4. The molecule has 0 radical (unpaired) electrons. The third-order valence-corrected chi connectivity index (χ3v) is 4.41. The number of aromatic nitrogens is 2. The van der Waals surface area contributed by atoms with E-state index in [0.717, 1.165) is 18.5 Å². The number of nitrogens with one attached hydrogen (secondary N) is 1. The molecule has 7 heteroatoms. The maximum absolute atomic E-state index is 12.3. The lowest BCUT2D eigenvalue weighted by molar-refractivity contribution is -0.159. The highest BCUT2D eigenvalue weighted by molar-refractivity contribution is 5.78. The first-order valence-corrected chi connectivity index (χ1v) is 7.82. The van der Waals surface area contributed by atoms with Gasteiger partial charge in [0.1, 0.15) is 0 Å². The van der Waals surface area contributed by atoms with Crippen molar-refractivity contribution in [3.63, 3.8) is 0 Å². The molecule has 0 spiro atoms. The molecule has 3 rings (SSSR count). The molecule has 0 bridgehead atoms. The lowest BCUT2D eigenvalue weighted by Gasteiger charge is -2.30. The Kier molecular flexibility index (Phi) is 4.42. The van der Waals surface area contributed by atoms with Gasteiger partial charge in [0.2, 0.25) is 5.91 Å². The summed E-state index contributed by atoms with van der Waals surface area (Å²) in [7, 11) is 0. The van der Waals surface area contributed by atoms with Gasteiger partial charge in [0.25, 0.3) is 0 Å². The summed E-state index contributed by atoms with van der Waals surface area (Å²) in [6, 6.07) is 0. The molecule has 0 aromatic carbocycles. The first-order valence-electron chi connectivity index (χ1n) is 7.82. The summed E-state index contributed by atoms with van der Waals surface area (Å²) >= 11 is 0. The van der Waals surface area contributed by atoms with Crippen LogP contribution < -0.4 is 0 Å². The molecule has 1 aromatic heterocycles. The van der Waals surface area contributed by atoms with Crippen LogP contribution >= 0.6 is 0 Å². The number of carbonyl (C=O) groups is 2. The van der Waals surface area contributed by atoms with Crippen molar-refractivity contribution in [1.29, 1.82) is 0 Å². The van der Waals surface area contributed by atoms with Gasteiger partial charge in [0, 0.05) is 25.1 Å². The van der Waals surface area contributed by atoms with Gasteiger partial charge in [-0.1, -0.05) is 0 Å². The molecule has 1 amide bonds. The van der Waals surface area contributed by atoms with Gasteiger partial charge in [-0.3, -0.25) is 9.89 Å². The average molecular weight is 307 g/mol. The van der Waals surface area contributed by atoms with E-state index in [2.05, 4.69) is 10.2 Å². The highest BCUT2D eigenvalue weighted by Crippen LogP contribution is 2.23. The van der Waals surface area contributed by atoms with Gasteiger partial charge >= 0.3 is 5.97 Å². The van der Waals surface area contributed by atoms with Crippen molar-refractivity contribution in [3.05, 3.63) is 17.0 Å². The van der Waals surface area contributed by atoms with E-state index in [9.17, 15) is 9.59 Å². The SMILES string of the molecule is O=C(O)[C@H]1CN(C(=O)CCc2n[nH]c3c2CCCC3)CCO1. The fourth-order valence-corrected chi connectivity index (χ4v) is 3.17. The van der Waals surface area contributed by atoms with Crippen LogP contribution in [0.4, 0.5) is 0 Å². The molecule has 2 aliphatic rings. The Labute approximate surface area is 128 Å². The molecule has 0 saturated carbocycles. The number of ether oxygens (including phenoxy) is 1. The number of carboxylic acid groups (broad SMARTS) is 1. The fourth-order valence-electron chi connectivity index (χ4n) is 3.17. The normalized spacial score (nSPS) is 21.5. The second kappa shape index (κ2) is 6.48. The highest BCUT2D eigenvalue weighted by atomic mass is 16.5. The van der Waals surface area contributed by atoms with Gasteiger partial charge in [0.05, 0.1) is 18.8 Å². The monoisotopic (exact) mass is 307 g/mol. The molecule has 1 aliphatic carbocycles. The second-order valence-corrected chi connectivity index (χ2v) is 5.87. The van der Waals surface area contributed by atoms with Crippen molar-refractivity contribution < 1.29 is 19.4 Å². The first kappa shape index (κ1) is 15.0. The third-order valence-electron chi connectivity index (χ3n) is 4.41. The Morgan fingerprint density at radius 2 is 2.18 bits per heavy atom. The summed E-state index contributed by atoms with van der Waals surface area (Å²) in [5.74, 6) is -1.04. The van der Waals surface area contributed by atoms with Crippen molar-refractivity contribution in [1.82, 2.24) is 15.1 Å². The van der Waals surface area contributed by atoms with Crippen LogP contribution in [0.5, 0.6) is 0 Å². The zero-order valence-corrected chi connectivity index (χ0v) is 12.5. The molecule has 1 aromatic rings. The third kappa shape index (κ3) is 3.14. The number of hydrogen-bond donors (Lipinski definition) is 2.